The Bertz CT molecular complexity index is 224. The SMILES string of the molecule is CCCCCCCCCNC(O)CCCCCCCC(C)CO. The van der Waals surface area contributed by atoms with Crippen molar-refractivity contribution >= 4 is 0 Å². The first-order valence-corrected chi connectivity index (χ1v) is 10.2. The molecule has 0 aromatic heterocycles. The summed E-state index contributed by atoms with van der Waals surface area (Å²) >= 11 is 0. The molecule has 0 bridgehead atoms. The van der Waals surface area contributed by atoms with Gasteiger partial charge in [0.05, 0.1) is 0 Å². The smallest absolute Gasteiger partial charge is 0.104 e. The molecule has 0 amide bonds. The fourth-order valence-corrected chi connectivity index (χ4v) is 2.90. The zero-order valence-electron chi connectivity index (χ0n) is 15.9. The lowest BCUT2D eigenvalue weighted by atomic mass is 10.0. The summed E-state index contributed by atoms with van der Waals surface area (Å²) in [6.45, 7) is 5.63. The molecule has 3 N–H and O–H groups in total. The molecule has 23 heavy (non-hydrogen) atoms. The van der Waals surface area contributed by atoms with Gasteiger partial charge in [-0.1, -0.05) is 78.1 Å². The first-order valence-electron chi connectivity index (χ1n) is 10.2. The van der Waals surface area contributed by atoms with Crippen LogP contribution in [0.15, 0.2) is 0 Å². The first-order chi connectivity index (χ1) is 11.2. The second-order valence-electron chi connectivity index (χ2n) is 7.22. The summed E-state index contributed by atoms with van der Waals surface area (Å²) in [6, 6.07) is 0. The Labute approximate surface area is 145 Å². The lowest BCUT2D eigenvalue weighted by Gasteiger charge is -2.12. The lowest BCUT2D eigenvalue weighted by Crippen LogP contribution is -2.29. The van der Waals surface area contributed by atoms with Gasteiger partial charge in [-0.05, 0) is 38.1 Å². The first kappa shape index (κ1) is 22.9. The summed E-state index contributed by atoms with van der Waals surface area (Å²) in [7, 11) is 0. The molecule has 0 aliphatic heterocycles. The average molecular weight is 330 g/mol. The highest BCUT2D eigenvalue weighted by molar-refractivity contribution is 4.56. The summed E-state index contributed by atoms with van der Waals surface area (Å²) in [5, 5.41) is 22.1. The van der Waals surface area contributed by atoms with Crippen LogP contribution in [0, 0.1) is 5.92 Å². The fourth-order valence-electron chi connectivity index (χ4n) is 2.90. The standard InChI is InChI=1S/C20H43NO2/c1-3-4-5-6-7-11-14-17-21-20(23)16-13-10-8-9-12-15-19(2)18-22/h19-23H,3-18H2,1-2H3. The molecule has 0 rings (SSSR count). The summed E-state index contributed by atoms with van der Waals surface area (Å²) in [6.07, 6.45) is 17.0. The van der Waals surface area contributed by atoms with Crippen LogP contribution in [0.4, 0.5) is 0 Å². The van der Waals surface area contributed by atoms with Gasteiger partial charge in [0.1, 0.15) is 6.23 Å². The average Bonchev–Trinajstić information content (AvgIpc) is 2.56. The molecule has 0 aromatic carbocycles. The lowest BCUT2D eigenvalue weighted by molar-refractivity contribution is 0.124. The Hall–Kier alpha value is -0.120. The van der Waals surface area contributed by atoms with Crippen molar-refractivity contribution in [2.24, 2.45) is 5.92 Å². The maximum Gasteiger partial charge on any atom is 0.104 e. The second-order valence-corrected chi connectivity index (χ2v) is 7.22. The van der Waals surface area contributed by atoms with Crippen molar-refractivity contribution in [3.05, 3.63) is 0 Å². The van der Waals surface area contributed by atoms with E-state index in [2.05, 4.69) is 19.2 Å². The molecule has 2 atom stereocenters. The second kappa shape index (κ2) is 18.2. The van der Waals surface area contributed by atoms with Crippen molar-refractivity contribution in [3.63, 3.8) is 0 Å². The summed E-state index contributed by atoms with van der Waals surface area (Å²) < 4.78 is 0. The number of nitrogens with one attached hydrogen (secondary N) is 1. The van der Waals surface area contributed by atoms with Crippen LogP contribution in [0.1, 0.15) is 104 Å². The van der Waals surface area contributed by atoms with E-state index in [0.717, 1.165) is 25.8 Å². The van der Waals surface area contributed by atoms with Gasteiger partial charge in [0.2, 0.25) is 0 Å². The molecule has 0 saturated carbocycles. The minimum atomic E-state index is -0.315. The summed E-state index contributed by atoms with van der Waals surface area (Å²) in [5.74, 6) is 0.452. The molecule has 0 fully saturated rings. The monoisotopic (exact) mass is 329 g/mol. The molecule has 140 valence electrons. The molecule has 0 radical (unpaired) electrons. The van der Waals surface area contributed by atoms with Crippen LogP contribution in [0.25, 0.3) is 0 Å². The minimum absolute atomic E-state index is 0.315. The molecule has 0 aliphatic rings. The predicted octanol–water partition coefficient (Wildman–Crippen LogP) is 5.00. The van der Waals surface area contributed by atoms with Gasteiger partial charge >= 0.3 is 0 Å². The Kier molecular flexibility index (Phi) is 18.1. The van der Waals surface area contributed by atoms with E-state index in [4.69, 9.17) is 5.11 Å². The Morgan fingerprint density at radius 1 is 0.739 bits per heavy atom. The van der Waals surface area contributed by atoms with Crippen LogP contribution in [0.2, 0.25) is 0 Å². The Balaban J connectivity index is 3.17. The van der Waals surface area contributed by atoms with Gasteiger partial charge in [0, 0.05) is 6.61 Å². The van der Waals surface area contributed by atoms with Crippen LogP contribution in [-0.2, 0) is 0 Å². The molecule has 0 aliphatic carbocycles. The summed E-state index contributed by atoms with van der Waals surface area (Å²) in [4.78, 5) is 0. The van der Waals surface area contributed by atoms with Gasteiger partial charge in [-0.2, -0.15) is 0 Å². The molecular formula is C20H43NO2. The highest BCUT2D eigenvalue weighted by Crippen LogP contribution is 2.12. The molecule has 0 saturated heterocycles. The number of unbranched alkanes of at least 4 members (excludes halogenated alkanes) is 10. The van der Waals surface area contributed by atoms with Gasteiger partial charge in [0.15, 0.2) is 0 Å². The molecule has 2 unspecified atom stereocenters. The Morgan fingerprint density at radius 2 is 1.26 bits per heavy atom. The maximum atomic E-state index is 9.89. The molecule has 3 heteroatoms. The van der Waals surface area contributed by atoms with Crippen molar-refractivity contribution in [2.45, 2.75) is 110 Å². The van der Waals surface area contributed by atoms with Crippen molar-refractivity contribution in [2.75, 3.05) is 13.2 Å². The van der Waals surface area contributed by atoms with E-state index in [9.17, 15) is 5.11 Å². The quantitative estimate of drug-likeness (QED) is 0.245. The number of rotatable bonds is 18. The van der Waals surface area contributed by atoms with Gasteiger partial charge < -0.3 is 10.2 Å². The zero-order chi connectivity index (χ0) is 17.2. The normalized spacial score (nSPS) is 14.1. The van der Waals surface area contributed by atoms with Crippen LogP contribution < -0.4 is 5.32 Å². The minimum Gasteiger partial charge on any atom is -0.396 e. The van der Waals surface area contributed by atoms with E-state index >= 15 is 0 Å². The molecular weight excluding hydrogens is 286 g/mol. The van der Waals surface area contributed by atoms with Crippen LogP contribution in [-0.4, -0.2) is 29.6 Å². The molecule has 0 aromatic rings. The molecule has 0 spiro atoms. The highest BCUT2D eigenvalue weighted by Gasteiger charge is 2.03. The Morgan fingerprint density at radius 3 is 1.87 bits per heavy atom. The van der Waals surface area contributed by atoms with Crippen molar-refractivity contribution in [1.29, 1.82) is 0 Å². The summed E-state index contributed by atoms with van der Waals surface area (Å²) in [5.41, 5.74) is 0. The largest absolute Gasteiger partial charge is 0.396 e. The van der Waals surface area contributed by atoms with Crippen molar-refractivity contribution in [1.82, 2.24) is 5.32 Å². The van der Waals surface area contributed by atoms with E-state index in [0.29, 0.717) is 12.5 Å². The zero-order valence-corrected chi connectivity index (χ0v) is 15.9. The van der Waals surface area contributed by atoms with E-state index in [-0.39, 0.29) is 6.23 Å². The highest BCUT2D eigenvalue weighted by atomic mass is 16.3. The third-order valence-corrected chi connectivity index (χ3v) is 4.65. The van der Waals surface area contributed by atoms with Gasteiger partial charge in [0.25, 0.3) is 0 Å². The van der Waals surface area contributed by atoms with Gasteiger partial charge in [-0.15, -0.1) is 0 Å². The van der Waals surface area contributed by atoms with E-state index < -0.39 is 0 Å². The number of aliphatic hydroxyl groups is 2. The van der Waals surface area contributed by atoms with Crippen LogP contribution in [0.3, 0.4) is 0 Å². The third kappa shape index (κ3) is 18.1. The number of hydrogen-bond acceptors (Lipinski definition) is 3. The van der Waals surface area contributed by atoms with Crippen LogP contribution >= 0.6 is 0 Å². The van der Waals surface area contributed by atoms with Crippen LogP contribution in [0.5, 0.6) is 0 Å². The van der Waals surface area contributed by atoms with Crippen molar-refractivity contribution < 1.29 is 10.2 Å². The number of aliphatic hydroxyl groups excluding tert-OH is 2. The predicted molar refractivity (Wildman–Crippen MR) is 101 cm³/mol. The maximum absolute atomic E-state index is 9.89. The van der Waals surface area contributed by atoms with E-state index in [1.165, 1.54) is 70.6 Å². The molecule has 0 heterocycles. The topological polar surface area (TPSA) is 52.5 Å². The van der Waals surface area contributed by atoms with E-state index in [1.54, 1.807) is 0 Å². The molecule has 3 nitrogen and oxygen atoms in total. The fraction of sp³-hybridized carbons (Fsp3) is 1.00. The number of hydrogen-bond donors (Lipinski definition) is 3. The van der Waals surface area contributed by atoms with Gasteiger partial charge in [-0.3, -0.25) is 5.32 Å². The van der Waals surface area contributed by atoms with Crippen molar-refractivity contribution in [3.8, 4) is 0 Å². The van der Waals surface area contributed by atoms with E-state index in [1.807, 2.05) is 0 Å². The third-order valence-electron chi connectivity index (χ3n) is 4.65. The van der Waals surface area contributed by atoms with Gasteiger partial charge in [-0.25, -0.2) is 0 Å².